The molecule has 0 spiro atoms. The second-order valence-corrected chi connectivity index (χ2v) is 7.43. The number of carbonyl (C=O) groups is 3. The molecule has 0 bridgehead atoms. The Kier molecular flexibility index (Phi) is 6.05. The Balaban J connectivity index is 1.50. The molecule has 0 fully saturated rings. The molecule has 3 aromatic rings. The molecular weight excluding hydrogens is 442 g/mol. The van der Waals surface area contributed by atoms with Crippen molar-refractivity contribution in [2.75, 3.05) is 24.4 Å². The molecule has 0 aliphatic carbocycles. The van der Waals surface area contributed by atoms with Crippen LogP contribution in [-0.4, -0.2) is 37.1 Å². The quantitative estimate of drug-likeness (QED) is 0.442. The van der Waals surface area contributed by atoms with E-state index in [2.05, 4.69) is 10.6 Å². The van der Waals surface area contributed by atoms with Gasteiger partial charge in [-0.3, -0.25) is 19.7 Å². The lowest BCUT2D eigenvalue weighted by atomic mass is 10.1. The van der Waals surface area contributed by atoms with Gasteiger partial charge in [-0.25, -0.2) is 4.90 Å². The van der Waals surface area contributed by atoms with Gasteiger partial charge in [0, 0.05) is 17.3 Å². The third-order valence-corrected chi connectivity index (χ3v) is 5.24. The number of anilines is 2. The number of thiocarbonyl (C=S) groups is 1. The van der Waals surface area contributed by atoms with Gasteiger partial charge in [-0.05, 0) is 54.7 Å². The zero-order chi connectivity index (χ0) is 23.5. The number of rotatable bonds is 5. The van der Waals surface area contributed by atoms with Crippen molar-refractivity contribution in [2.45, 2.75) is 0 Å². The summed E-state index contributed by atoms with van der Waals surface area (Å²) < 4.78 is 10.5. The number of nitrogens with zero attached hydrogens (tertiary/aromatic N) is 1. The highest BCUT2D eigenvalue weighted by molar-refractivity contribution is 7.80. The van der Waals surface area contributed by atoms with Crippen molar-refractivity contribution in [1.82, 2.24) is 5.32 Å². The van der Waals surface area contributed by atoms with Crippen LogP contribution in [-0.2, 0) is 0 Å². The average Bonchev–Trinajstić information content (AvgIpc) is 3.09. The van der Waals surface area contributed by atoms with Crippen LogP contribution in [0, 0.1) is 0 Å². The number of ether oxygens (including phenoxy) is 2. The van der Waals surface area contributed by atoms with Gasteiger partial charge >= 0.3 is 0 Å². The smallest absolute Gasteiger partial charge is 0.266 e. The lowest BCUT2D eigenvalue weighted by Crippen LogP contribution is -2.34. The molecule has 3 aromatic carbocycles. The van der Waals surface area contributed by atoms with Crippen LogP contribution in [0.1, 0.15) is 31.1 Å². The first kappa shape index (κ1) is 22.0. The van der Waals surface area contributed by atoms with Crippen LogP contribution in [0.5, 0.6) is 11.5 Å². The van der Waals surface area contributed by atoms with E-state index in [4.69, 9.17) is 21.7 Å². The average molecular weight is 461 g/mol. The van der Waals surface area contributed by atoms with Crippen LogP contribution in [0.15, 0.2) is 66.7 Å². The molecule has 0 saturated carbocycles. The molecule has 33 heavy (non-hydrogen) atoms. The van der Waals surface area contributed by atoms with Gasteiger partial charge < -0.3 is 14.8 Å². The van der Waals surface area contributed by atoms with Crippen molar-refractivity contribution in [2.24, 2.45) is 0 Å². The van der Waals surface area contributed by atoms with Crippen molar-refractivity contribution >= 4 is 46.4 Å². The van der Waals surface area contributed by atoms with E-state index in [1.807, 2.05) is 0 Å². The molecule has 166 valence electrons. The molecule has 9 heteroatoms. The van der Waals surface area contributed by atoms with Gasteiger partial charge in [-0.2, -0.15) is 0 Å². The number of methoxy groups -OCH3 is 2. The maximum Gasteiger partial charge on any atom is 0.266 e. The molecule has 4 rings (SSSR count). The Bertz CT molecular complexity index is 1260. The zero-order valence-electron chi connectivity index (χ0n) is 17.7. The Labute approximate surface area is 195 Å². The van der Waals surface area contributed by atoms with E-state index in [9.17, 15) is 14.4 Å². The predicted molar refractivity (Wildman–Crippen MR) is 127 cm³/mol. The summed E-state index contributed by atoms with van der Waals surface area (Å²) in [6.07, 6.45) is 0. The number of hydrogen-bond donors (Lipinski definition) is 2. The van der Waals surface area contributed by atoms with E-state index in [0.717, 1.165) is 4.90 Å². The molecule has 1 heterocycles. The number of hydrogen-bond acceptors (Lipinski definition) is 6. The van der Waals surface area contributed by atoms with E-state index in [1.165, 1.54) is 14.2 Å². The van der Waals surface area contributed by atoms with Gasteiger partial charge in [0.05, 0.1) is 31.0 Å². The molecule has 0 unspecified atom stereocenters. The summed E-state index contributed by atoms with van der Waals surface area (Å²) in [6.45, 7) is 0. The van der Waals surface area contributed by atoms with Gasteiger partial charge in [-0.1, -0.05) is 18.2 Å². The lowest BCUT2D eigenvalue weighted by molar-refractivity contribution is 0.0922. The molecule has 0 saturated heterocycles. The fraction of sp³-hybridized carbons (Fsp3) is 0.0833. The highest BCUT2D eigenvalue weighted by Gasteiger charge is 2.37. The van der Waals surface area contributed by atoms with E-state index < -0.39 is 17.7 Å². The first-order valence-electron chi connectivity index (χ1n) is 9.85. The van der Waals surface area contributed by atoms with Gasteiger partial charge in [0.15, 0.2) is 5.11 Å². The summed E-state index contributed by atoms with van der Waals surface area (Å²) in [4.78, 5) is 39.1. The highest BCUT2D eigenvalue weighted by atomic mass is 32.1. The van der Waals surface area contributed by atoms with E-state index >= 15 is 0 Å². The second kappa shape index (κ2) is 9.09. The maximum atomic E-state index is 12.8. The molecule has 0 aromatic heterocycles. The van der Waals surface area contributed by atoms with E-state index in [1.54, 1.807) is 66.7 Å². The lowest BCUT2D eigenvalue weighted by Gasteiger charge is -2.19. The molecule has 1 aliphatic heterocycles. The second-order valence-electron chi connectivity index (χ2n) is 7.02. The van der Waals surface area contributed by atoms with Crippen LogP contribution >= 0.6 is 12.2 Å². The van der Waals surface area contributed by atoms with Gasteiger partial charge in [0.2, 0.25) is 0 Å². The number of amides is 3. The summed E-state index contributed by atoms with van der Waals surface area (Å²) >= 11 is 5.24. The maximum absolute atomic E-state index is 12.8. The Morgan fingerprint density at radius 2 is 1.58 bits per heavy atom. The van der Waals surface area contributed by atoms with Gasteiger partial charge in [-0.15, -0.1) is 0 Å². The third kappa shape index (κ3) is 4.26. The minimum Gasteiger partial charge on any atom is -0.497 e. The molecule has 1 aliphatic rings. The largest absolute Gasteiger partial charge is 0.497 e. The van der Waals surface area contributed by atoms with Crippen LogP contribution in [0.25, 0.3) is 0 Å². The number of imide groups is 1. The molecule has 0 atom stereocenters. The van der Waals surface area contributed by atoms with Gasteiger partial charge in [0.25, 0.3) is 17.7 Å². The number of carbonyl (C=O) groups excluding carboxylic acids is 3. The Morgan fingerprint density at radius 1 is 0.879 bits per heavy atom. The molecular formula is C24H19N3O5S. The Hall–Kier alpha value is -4.24. The molecule has 3 amide bonds. The van der Waals surface area contributed by atoms with Crippen LogP contribution in [0.3, 0.4) is 0 Å². The Morgan fingerprint density at radius 3 is 2.21 bits per heavy atom. The van der Waals surface area contributed by atoms with Crippen molar-refractivity contribution in [3.63, 3.8) is 0 Å². The normalized spacial score (nSPS) is 12.2. The third-order valence-electron chi connectivity index (χ3n) is 5.03. The topological polar surface area (TPSA) is 97.0 Å². The zero-order valence-corrected chi connectivity index (χ0v) is 18.6. The molecule has 8 nitrogen and oxygen atoms in total. The number of fused-ring (bicyclic) bond motifs is 1. The van der Waals surface area contributed by atoms with Gasteiger partial charge in [0.1, 0.15) is 11.5 Å². The summed E-state index contributed by atoms with van der Waals surface area (Å²) in [5.41, 5.74) is 1.88. The van der Waals surface area contributed by atoms with E-state index in [0.29, 0.717) is 33.8 Å². The summed E-state index contributed by atoms with van der Waals surface area (Å²) in [5.74, 6) is -0.404. The fourth-order valence-electron chi connectivity index (χ4n) is 3.45. The van der Waals surface area contributed by atoms with E-state index in [-0.39, 0.29) is 10.9 Å². The standard InChI is InChI=1S/C24H19N3O5S/c1-31-16-7-5-6-14(12-16)21(28)26-24(33)25-15-10-11-19(20(13-15)32-2)27-22(29)17-8-3-4-9-18(17)23(27)30/h3-13H,1-2H3,(H2,25,26,28,33). The van der Waals surface area contributed by atoms with Crippen LogP contribution < -0.4 is 25.0 Å². The van der Waals surface area contributed by atoms with Crippen molar-refractivity contribution in [1.29, 1.82) is 0 Å². The molecule has 2 N–H and O–H groups in total. The minimum atomic E-state index is -0.421. The van der Waals surface area contributed by atoms with Crippen molar-refractivity contribution < 1.29 is 23.9 Å². The van der Waals surface area contributed by atoms with Crippen molar-refractivity contribution in [3.05, 3.63) is 83.4 Å². The number of benzene rings is 3. The minimum absolute atomic E-state index is 0.0679. The summed E-state index contributed by atoms with van der Waals surface area (Å²) in [6, 6.07) is 18.1. The summed E-state index contributed by atoms with van der Waals surface area (Å²) in [7, 11) is 2.95. The fourth-order valence-corrected chi connectivity index (χ4v) is 3.66. The SMILES string of the molecule is COc1cccc(C(=O)NC(=S)Nc2ccc(N3C(=O)c4ccccc4C3=O)c(OC)c2)c1. The predicted octanol–water partition coefficient (Wildman–Crippen LogP) is 3.63. The highest BCUT2D eigenvalue weighted by Crippen LogP contribution is 2.36. The van der Waals surface area contributed by atoms with Crippen molar-refractivity contribution in [3.8, 4) is 11.5 Å². The first-order valence-corrected chi connectivity index (χ1v) is 10.3. The van der Waals surface area contributed by atoms with Crippen LogP contribution in [0.4, 0.5) is 11.4 Å². The summed E-state index contributed by atoms with van der Waals surface area (Å²) in [5, 5.41) is 5.57. The molecule has 0 radical (unpaired) electrons. The van der Waals surface area contributed by atoms with Crippen LogP contribution in [0.2, 0.25) is 0 Å². The first-order chi connectivity index (χ1) is 15.9. The monoisotopic (exact) mass is 461 g/mol. The number of nitrogens with one attached hydrogen (secondary N) is 2.